The highest BCUT2D eigenvalue weighted by Crippen LogP contribution is 2.42. The smallest absolute Gasteiger partial charge is 0.416 e. The van der Waals surface area contributed by atoms with E-state index in [9.17, 15) is 18.0 Å². The Bertz CT molecular complexity index is 1060. The normalized spacial score (nSPS) is 20.9. The molecule has 1 aliphatic carbocycles. The van der Waals surface area contributed by atoms with Crippen LogP contribution in [0.3, 0.4) is 0 Å². The number of benzene rings is 2. The molecule has 0 aromatic heterocycles. The van der Waals surface area contributed by atoms with Crippen LogP contribution < -0.4 is 4.74 Å². The van der Waals surface area contributed by atoms with E-state index in [2.05, 4.69) is 4.90 Å². The van der Waals surface area contributed by atoms with E-state index < -0.39 is 11.7 Å². The lowest BCUT2D eigenvalue weighted by atomic mass is 10.1. The molecule has 0 bridgehead atoms. The number of ether oxygens (including phenoxy) is 1. The Morgan fingerprint density at radius 1 is 1.10 bits per heavy atom. The van der Waals surface area contributed by atoms with Gasteiger partial charge in [-0.05, 0) is 50.1 Å². The number of halogens is 3. The highest BCUT2D eigenvalue weighted by Gasteiger charge is 2.38. The van der Waals surface area contributed by atoms with Crippen LogP contribution in [-0.4, -0.2) is 47.2 Å². The number of nitrogens with zero attached hydrogens (tertiary/aromatic N) is 3. The molecule has 1 atom stereocenters. The third-order valence-corrected chi connectivity index (χ3v) is 6.00. The first-order valence-electron chi connectivity index (χ1n) is 10.4. The van der Waals surface area contributed by atoms with E-state index in [1.54, 1.807) is 12.1 Å². The molecule has 8 heteroatoms. The summed E-state index contributed by atoms with van der Waals surface area (Å²) >= 11 is 0. The van der Waals surface area contributed by atoms with Crippen molar-refractivity contribution in [2.75, 3.05) is 19.6 Å². The van der Waals surface area contributed by atoms with Gasteiger partial charge < -0.3 is 14.5 Å². The summed E-state index contributed by atoms with van der Waals surface area (Å²) in [5, 5.41) is 0. The summed E-state index contributed by atoms with van der Waals surface area (Å²) < 4.78 is 45.5. The number of para-hydroxylation sites is 1. The van der Waals surface area contributed by atoms with Crippen LogP contribution in [0.25, 0.3) is 0 Å². The molecular weight excluding hydrogens is 407 g/mol. The van der Waals surface area contributed by atoms with Crippen molar-refractivity contribution < 1.29 is 22.7 Å². The molecular formula is C23H22F3N3O2. The predicted molar refractivity (Wildman–Crippen MR) is 110 cm³/mol. The zero-order valence-corrected chi connectivity index (χ0v) is 17.0. The highest BCUT2D eigenvalue weighted by atomic mass is 19.4. The van der Waals surface area contributed by atoms with Gasteiger partial charge in [-0.3, -0.25) is 4.79 Å². The molecule has 1 amide bonds. The third kappa shape index (κ3) is 3.75. The number of carbonyl (C=O) groups excluding carboxylic acids is 1. The lowest BCUT2D eigenvalue weighted by molar-refractivity contribution is -0.138. The standard InChI is InChI=1S/C23H22F3N3O2/c1-14-13-28(10-11-29(14)22(30)15-6-7-15)21-17-4-2-3-5-19(17)31-20-12-16(23(24,25)26)8-9-18(20)27-21/h2-5,8-9,12,14-15H,6-7,10-11,13H2,1H3. The average molecular weight is 429 g/mol. The summed E-state index contributed by atoms with van der Waals surface area (Å²) in [6, 6.07) is 10.6. The topological polar surface area (TPSA) is 45.1 Å². The molecule has 2 aromatic carbocycles. The average Bonchev–Trinajstić information content (AvgIpc) is 3.58. The Balaban J connectivity index is 1.50. The van der Waals surface area contributed by atoms with Crippen LogP contribution in [0, 0.1) is 5.92 Å². The molecule has 5 rings (SSSR count). The van der Waals surface area contributed by atoms with E-state index in [1.807, 2.05) is 24.0 Å². The van der Waals surface area contributed by atoms with E-state index in [-0.39, 0.29) is 23.6 Å². The molecule has 2 fully saturated rings. The first-order chi connectivity index (χ1) is 14.8. The van der Waals surface area contributed by atoms with Crippen LogP contribution in [-0.2, 0) is 11.0 Å². The lowest BCUT2D eigenvalue weighted by Gasteiger charge is -2.41. The lowest BCUT2D eigenvalue weighted by Crippen LogP contribution is -2.56. The van der Waals surface area contributed by atoms with Crippen LogP contribution in [0.1, 0.15) is 30.9 Å². The van der Waals surface area contributed by atoms with Gasteiger partial charge in [-0.25, -0.2) is 4.99 Å². The van der Waals surface area contributed by atoms with Crippen molar-refractivity contribution in [3.05, 3.63) is 53.6 Å². The largest absolute Gasteiger partial charge is 0.454 e. The second-order valence-electron chi connectivity index (χ2n) is 8.31. The minimum atomic E-state index is -4.46. The number of amidine groups is 1. The molecule has 3 aliphatic rings. The number of hydrogen-bond donors (Lipinski definition) is 0. The number of piperazine rings is 1. The Hall–Kier alpha value is -3.03. The zero-order chi connectivity index (χ0) is 21.8. The highest BCUT2D eigenvalue weighted by molar-refractivity contribution is 6.04. The fraction of sp³-hybridized carbons (Fsp3) is 0.391. The summed E-state index contributed by atoms with van der Waals surface area (Å²) in [5.41, 5.74) is 0.299. The molecule has 0 spiro atoms. The van der Waals surface area contributed by atoms with Gasteiger partial charge in [0.15, 0.2) is 5.75 Å². The number of fused-ring (bicyclic) bond motifs is 2. The van der Waals surface area contributed by atoms with Crippen LogP contribution in [0.4, 0.5) is 18.9 Å². The van der Waals surface area contributed by atoms with Crippen molar-refractivity contribution in [1.82, 2.24) is 9.80 Å². The fourth-order valence-electron chi connectivity index (χ4n) is 4.18. The summed E-state index contributed by atoms with van der Waals surface area (Å²) in [4.78, 5) is 21.3. The van der Waals surface area contributed by atoms with Crippen LogP contribution in [0.15, 0.2) is 47.5 Å². The molecule has 1 saturated heterocycles. The van der Waals surface area contributed by atoms with Crippen molar-refractivity contribution in [3.63, 3.8) is 0 Å². The van der Waals surface area contributed by atoms with E-state index in [0.29, 0.717) is 36.9 Å². The maximum atomic E-state index is 13.2. The molecule has 2 heterocycles. The molecule has 2 aromatic rings. The minimum absolute atomic E-state index is 0.0213. The third-order valence-electron chi connectivity index (χ3n) is 6.00. The van der Waals surface area contributed by atoms with Gasteiger partial charge in [0.25, 0.3) is 0 Å². The van der Waals surface area contributed by atoms with Gasteiger partial charge in [-0.2, -0.15) is 13.2 Å². The molecule has 31 heavy (non-hydrogen) atoms. The van der Waals surface area contributed by atoms with Crippen LogP contribution in [0.2, 0.25) is 0 Å². The van der Waals surface area contributed by atoms with Gasteiger partial charge in [0.1, 0.15) is 17.3 Å². The monoisotopic (exact) mass is 429 g/mol. The second kappa shape index (κ2) is 7.28. The SMILES string of the molecule is CC1CN(C2=Nc3ccc(C(F)(F)F)cc3Oc3ccccc32)CCN1C(=O)C1CC1. The summed E-state index contributed by atoms with van der Waals surface area (Å²) in [6.45, 7) is 3.82. The Kier molecular flexibility index (Phi) is 4.68. The number of rotatable bonds is 1. The molecule has 5 nitrogen and oxygen atoms in total. The Labute approximate surface area is 178 Å². The maximum Gasteiger partial charge on any atom is 0.416 e. The molecule has 162 valence electrons. The fourth-order valence-corrected chi connectivity index (χ4v) is 4.18. The molecule has 1 saturated carbocycles. The number of alkyl halides is 3. The molecule has 0 radical (unpaired) electrons. The van der Waals surface area contributed by atoms with E-state index in [4.69, 9.17) is 9.73 Å². The van der Waals surface area contributed by atoms with Crippen molar-refractivity contribution in [2.45, 2.75) is 32.0 Å². The van der Waals surface area contributed by atoms with Crippen molar-refractivity contribution in [3.8, 4) is 11.5 Å². The summed E-state index contributed by atoms with van der Waals surface area (Å²) in [7, 11) is 0. The quantitative estimate of drug-likeness (QED) is 0.652. The van der Waals surface area contributed by atoms with Crippen LogP contribution >= 0.6 is 0 Å². The van der Waals surface area contributed by atoms with Crippen molar-refractivity contribution >= 4 is 17.4 Å². The molecule has 1 unspecified atom stereocenters. The number of amides is 1. The summed E-state index contributed by atoms with van der Waals surface area (Å²) in [6.07, 6.45) is -2.52. The van der Waals surface area contributed by atoms with Crippen molar-refractivity contribution in [2.24, 2.45) is 10.9 Å². The van der Waals surface area contributed by atoms with Gasteiger partial charge in [-0.15, -0.1) is 0 Å². The van der Waals surface area contributed by atoms with Gasteiger partial charge >= 0.3 is 6.18 Å². The molecule has 0 N–H and O–H groups in total. The number of aliphatic imine (C=N–C) groups is 1. The van der Waals surface area contributed by atoms with Gasteiger partial charge in [0.2, 0.25) is 5.91 Å². The van der Waals surface area contributed by atoms with Gasteiger partial charge in [0, 0.05) is 31.6 Å². The van der Waals surface area contributed by atoms with Gasteiger partial charge in [-0.1, -0.05) is 12.1 Å². The first-order valence-corrected chi connectivity index (χ1v) is 10.4. The summed E-state index contributed by atoms with van der Waals surface area (Å²) in [5.74, 6) is 1.59. The predicted octanol–water partition coefficient (Wildman–Crippen LogP) is 4.83. The van der Waals surface area contributed by atoms with Gasteiger partial charge in [0.05, 0.1) is 11.1 Å². The Morgan fingerprint density at radius 2 is 1.87 bits per heavy atom. The van der Waals surface area contributed by atoms with Crippen molar-refractivity contribution in [1.29, 1.82) is 0 Å². The number of hydrogen-bond acceptors (Lipinski definition) is 4. The Morgan fingerprint density at radius 3 is 2.58 bits per heavy atom. The number of carbonyl (C=O) groups is 1. The molecule has 2 aliphatic heterocycles. The van der Waals surface area contributed by atoms with E-state index in [0.717, 1.165) is 30.5 Å². The first kappa shape index (κ1) is 19.9. The van der Waals surface area contributed by atoms with Crippen LogP contribution in [0.5, 0.6) is 11.5 Å². The van der Waals surface area contributed by atoms with E-state index in [1.165, 1.54) is 6.07 Å². The maximum absolute atomic E-state index is 13.2. The van der Waals surface area contributed by atoms with E-state index >= 15 is 0 Å². The second-order valence-corrected chi connectivity index (χ2v) is 8.31. The zero-order valence-electron chi connectivity index (χ0n) is 17.0. The minimum Gasteiger partial charge on any atom is -0.454 e.